The van der Waals surface area contributed by atoms with Crippen LogP contribution in [0, 0.1) is 5.92 Å². The summed E-state index contributed by atoms with van der Waals surface area (Å²) >= 11 is 0. The first-order valence-electron chi connectivity index (χ1n) is 14.4. The van der Waals surface area contributed by atoms with Gasteiger partial charge in [-0.15, -0.1) is 0 Å². The van der Waals surface area contributed by atoms with Crippen LogP contribution in [0.15, 0.2) is 115 Å². The molecule has 196 valence electrons. The van der Waals surface area contributed by atoms with Crippen molar-refractivity contribution >= 4 is 26.5 Å². The monoisotopic (exact) mass is 540 g/mol. The van der Waals surface area contributed by atoms with Gasteiger partial charge < -0.3 is 0 Å². The maximum atomic E-state index is 2.54. The Morgan fingerprint density at radius 2 is 1.18 bits per heavy atom. The van der Waals surface area contributed by atoms with E-state index in [0.29, 0.717) is 0 Å². The number of fused-ring (bicyclic) bond motifs is 3. The molecule has 2 heteroatoms. The number of hydrogen-bond acceptors (Lipinski definition) is 0. The lowest BCUT2D eigenvalue weighted by Gasteiger charge is -2.44. The highest BCUT2D eigenvalue weighted by Crippen LogP contribution is 2.52. The first-order chi connectivity index (χ1) is 18.6. The van der Waals surface area contributed by atoms with E-state index in [2.05, 4.69) is 155 Å². The molecular weight excluding hydrogens is 501 g/mol. The van der Waals surface area contributed by atoms with E-state index in [0.717, 1.165) is 6.42 Å². The number of rotatable bonds is 6. The highest BCUT2D eigenvalue weighted by Gasteiger charge is 2.47. The molecule has 0 atom stereocenters. The lowest BCUT2D eigenvalue weighted by Crippen LogP contribution is -2.49. The molecule has 0 radical (unpaired) electrons. The fourth-order valence-electron chi connectivity index (χ4n) is 6.95. The second-order valence-electron chi connectivity index (χ2n) is 13.4. The van der Waals surface area contributed by atoms with Crippen LogP contribution < -0.4 is 10.4 Å². The standard InChI is InChI=1S/C37H40Si2/c1-38(2,3)31-21-22-32-27(25-31)26-34-33(32)23-24-35(39(4,5)6)36(34)37(30-19-13-14-20-30,28-15-9-7-10-16-28)29-17-11-8-12-18-29/h7-25,30H,26H2,1-6H3. The van der Waals surface area contributed by atoms with Gasteiger partial charge in [-0.25, -0.2) is 0 Å². The molecule has 0 bridgehead atoms. The van der Waals surface area contributed by atoms with Crippen LogP contribution in [0.1, 0.15) is 27.8 Å². The highest BCUT2D eigenvalue weighted by atomic mass is 28.3. The Bertz CT molecular complexity index is 1530. The van der Waals surface area contributed by atoms with Gasteiger partial charge in [0.25, 0.3) is 0 Å². The summed E-state index contributed by atoms with van der Waals surface area (Å²) in [4.78, 5) is 0. The van der Waals surface area contributed by atoms with Crippen LogP contribution in [0.4, 0.5) is 0 Å². The number of benzene rings is 4. The molecule has 0 spiro atoms. The van der Waals surface area contributed by atoms with Crippen LogP contribution >= 0.6 is 0 Å². The molecule has 4 aromatic carbocycles. The van der Waals surface area contributed by atoms with Crippen molar-refractivity contribution in [2.24, 2.45) is 5.92 Å². The maximum Gasteiger partial charge on any atom is 0.0780 e. The molecule has 0 amide bonds. The second kappa shape index (κ2) is 9.46. The Morgan fingerprint density at radius 1 is 0.615 bits per heavy atom. The lowest BCUT2D eigenvalue weighted by atomic mass is 9.60. The summed E-state index contributed by atoms with van der Waals surface area (Å²) in [5.74, 6) is 0.241. The summed E-state index contributed by atoms with van der Waals surface area (Å²) < 4.78 is 0. The van der Waals surface area contributed by atoms with Crippen molar-refractivity contribution in [3.63, 3.8) is 0 Å². The van der Waals surface area contributed by atoms with Gasteiger partial charge in [-0.05, 0) is 45.4 Å². The SMILES string of the molecule is C[Si](C)(C)c1ccc2c(c1)Cc1c-2ccc([Si](C)(C)C)c1C(c1ccccc1)(c1ccccc1)C1C=CC=C1. The summed E-state index contributed by atoms with van der Waals surface area (Å²) in [6, 6.07) is 35.0. The number of hydrogen-bond donors (Lipinski definition) is 0. The molecule has 0 N–H and O–H groups in total. The van der Waals surface area contributed by atoms with Crippen molar-refractivity contribution in [3.8, 4) is 11.1 Å². The minimum absolute atomic E-state index is 0.241. The summed E-state index contributed by atoms with van der Waals surface area (Å²) in [6.07, 6.45) is 10.4. The van der Waals surface area contributed by atoms with Crippen LogP contribution in [0.5, 0.6) is 0 Å². The summed E-state index contributed by atoms with van der Waals surface area (Å²) in [5.41, 5.74) is 9.92. The van der Waals surface area contributed by atoms with Crippen LogP contribution in [-0.2, 0) is 11.8 Å². The van der Waals surface area contributed by atoms with Crippen molar-refractivity contribution in [1.29, 1.82) is 0 Å². The van der Waals surface area contributed by atoms with Crippen LogP contribution in [0.25, 0.3) is 11.1 Å². The fraction of sp³-hybridized carbons (Fsp3) is 0.243. The van der Waals surface area contributed by atoms with Crippen LogP contribution in [0.2, 0.25) is 39.3 Å². The van der Waals surface area contributed by atoms with Crippen molar-refractivity contribution in [2.75, 3.05) is 0 Å². The van der Waals surface area contributed by atoms with Gasteiger partial charge >= 0.3 is 0 Å². The number of allylic oxidation sites excluding steroid dienone is 4. The van der Waals surface area contributed by atoms with Gasteiger partial charge in [-0.1, -0.05) is 165 Å². The molecule has 0 unspecified atom stereocenters. The van der Waals surface area contributed by atoms with Gasteiger partial charge in [0, 0.05) is 5.92 Å². The van der Waals surface area contributed by atoms with E-state index in [4.69, 9.17) is 0 Å². The zero-order valence-corrected chi connectivity index (χ0v) is 26.3. The Hall–Kier alpha value is -3.21. The molecule has 0 saturated heterocycles. The van der Waals surface area contributed by atoms with Gasteiger partial charge in [0.1, 0.15) is 0 Å². The van der Waals surface area contributed by atoms with Crippen LogP contribution in [-0.4, -0.2) is 16.1 Å². The smallest absolute Gasteiger partial charge is 0.0761 e. The molecule has 4 aromatic rings. The third-order valence-corrected chi connectivity index (χ3v) is 12.9. The van der Waals surface area contributed by atoms with E-state index in [-0.39, 0.29) is 11.3 Å². The molecular formula is C37H40Si2. The van der Waals surface area contributed by atoms with E-state index < -0.39 is 16.1 Å². The fourth-order valence-corrected chi connectivity index (χ4v) is 9.82. The van der Waals surface area contributed by atoms with E-state index in [1.165, 1.54) is 27.8 Å². The average Bonchev–Trinajstić information content (AvgIpc) is 3.58. The van der Waals surface area contributed by atoms with Gasteiger partial charge in [-0.2, -0.15) is 0 Å². The third kappa shape index (κ3) is 4.25. The zero-order chi connectivity index (χ0) is 27.4. The average molecular weight is 541 g/mol. The maximum absolute atomic E-state index is 2.54. The summed E-state index contributed by atoms with van der Waals surface area (Å²) in [5, 5.41) is 3.14. The first-order valence-corrected chi connectivity index (χ1v) is 21.4. The molecule has 0 saturated carbocycles. The minimum atomic E-state index is -1.73. The predicted molar refractivity (Wildman–Crippen MR) is 175 cm³/mol. The highest BCUT2D eigenvalue weighted by molar-refractivity contribution is 6.89. The Balaban J connectivity index is 1.74. The van der Waals surface area contributed by atoms with E-state index in [9.17, 15) is 0 Å². The molecule has 2 aliphatic carbocycles. The van der Waals surface area contributed by atoms with Gasteiger partial charge in [0.05, 0.1) is 21.6 Å². The molecule has 0 aliphatic heterocycles. The Kier molecular flexibility index (Phi) is 6.32. The normalized spacial score (nSPS) is 15.0. The third-order valence-electron chi connectivity index (χ3n) is 8.85. The Labute approximate surface area is 237 Å². The van der Waals surface area contributed by atoms with Crippen molar-refractivity contribution in [2.45, 2.75) is 51.1 Å². The van der Waals surface area contributed by atoms with Crippen LogP contribution in [0.3, 0.4) is 0 Å². The molecule has 0 fully saturated rings. The van der Waals surface area contributed by atoms with Crippen molar-refractivity contribution in [3.05, 3.63) is 143 Å². The van der Waals surface area contributed by atoms with E-state index in [1.807, 2.05) is 0 Å². The summed E-state index contributed by atoms with van der Waals surface area (Å²) in [6.45, 7) is 14.9. The van der Waals surface area contributed by atoms with Gasteiger partial charge in [-0.3, -0.25) is 0 Å². The first kappa shape index (κ1) is 26.0. The van der Waals surface area contributed by atoms with Crippen molar-refractivity contribution < 1.29 is 0 Å². The zero-order valence-electron chi connectivity index (χ0n) is 24.3. The van der Waals surface area contributed by atoms with Gasteiger partial charge in [0.15, 0.2) is 0 Å². The van der Waals surface area contributed by atoms with E-state index in [1.54, 1.807) is 21.5 Å². The topological polar surface area (TPSA) is 0 Å². The lowest BCUT2D eigenvalue weighted by molar-refractivity contribution is 0.527. The minimum Gasteiger partial charge on any atom is -0.0761 e. The molecule has 0 aromatic heterocycles. The molecule has 39 heavy (non-hydrogen) atoms. The summed E-state index contributed by atoms with van der Waals surface area (Å²) in [7, 11) is -3.14. The molecule has 2 aliphatic rings. The van der Waals surface area contributed by atoms with Gasteiger partial charge in [0.2, 0.25) is 0 Å². The molecule has 0 nitrogen and oxygen atoms in total. The quantitative estimate of drug-likeness (QED) is 0.150. The largest absolute Gasteiger partial charge is 0.0780 e. The second-order valence-corrected chi connectivity index (χ2v) is 23.5. The molecule has 0 heterocycles. The molecule has 6 rings (SSSR count). The van der Waals surface area contributed by atoms with E-state index >= 15 is 0 Å². The van der Waals surface area contributed by atoms with Crippen molar-refractivity contribution in [1.82, 2.24) is 0 Å². The Morgan fingerprint density at radius 3 is 1.72 bits per heavy atom. The predicted octanol–water partition coefficient (Wildman–Crippen LogP) is 8.42.